The standard InChI is InChI=1S/C21H22IN3O3S/c22-18-5-9-20(10-6-18)29(27,28)25-19-7-3-16(4-8-19)11-13-24-15-21(26)17-2-1-12-23-14-17/h1-10,12,14,21,24-26H,11,13,15H2. The summed E-state index contributed by atoms with van der Waals surface area (Å²) in [5.41, 5.74) is 2.38. The van der Waals surface area contributed by atoms with Crippen molar-refractivity contribution in [3.63, 3.8) is 0 Å². The number of aliphatic hydroxyl groups is 1. The minimum absolute atomic E-state index is 0.235. The number of benzene rings is 2. The molecule has 8 heteroatoms. The van der Waals surface area contributed by atoms with Gasteiger partial charge in [-0.05, 0) is 83.6 Å². The molecule has 0 aliphatic rings. The number of nitrogens with one attached hydrogen (secondary N) is 2. The Labute approximate surface area is 184 Å². The summed E-state index contributed by atoms with van der Waals surface area (Å²) in [6, 6.07) is 17.6. The summed E-state index contributed by atoms with van der Waals surface area (Å²) in [4.78, 5) is 4.24. The van der Waals surface area contributed by atoms with Gasteiger partial charge >= 0.3 is 0 Å². The molecule has 0 saturated heterocycles. The van der Waals surface area contributed by atoms with E-state index in [9.17, 15) is 13.5 Å². The molecule has 1 heterocycles. The Balaban J connectivity index is 1.48. The Morgan fingerprint density at radius 3 is 2.41 bits per heavy atom. The lowest BCUT2D eigenvalue weighted by molar-refractivity contribution is 0.174. The van der Waals surface area contributed by atoms with Crippen molar-refractivity contribution in [2.24, 2.45) is 0 Å². The Morgan fingerprint density at radius 1 is 1.03 bits per heavy atom. The highest BCUT2D eigenvalue weighted by atomic mass is 127. The number of halogens is 1. The van der Waals surface area contributed by atoms with Crippen molar-refractivity contribution in [2.75, 3.05) is 17.8 Å². The topological polar surface area (TPSA) is 91.3 Å². The summed E-state index contributed by atoms with van der Waals surface area (Å²) in [7, 11) is -3.60. The number of hydrogen-bond donors (Lipinski definition) is 3. The predicted molar refractivity (Wildman–Crippen MR) is 122 cm³/mol. The second-order valence-electron chi connectivity index (χ2n) is 6.51. The third-order valence-electron chi connectivity index (χ3n) is 4.33. The fourth-order valence-corrected chi connectivity index (χ4v) is 4.15. The van der Waals surface area contributed by atoms with E-state index >= 15 is 0 Å². The van der Waals surface area contributed by atoms with E-state index in [1.807, 2.05) is 18.2 Å². The van der Waals surface area contributed by atoms with E-state index in [4.69, 9.17) is 0 Å². The summed E-state index contributed by atoms with van der Waals surface area (Å²) >= 11 is 2.13. The van der Waals surface area contributed by atoms with Crippen molar-refractivity contribution < 1.29 is 13.5 Å². The van der Waals surface area contributed by atoms with E-state index in [2.05, 4.69) is 37.6 Å². The number of pyridine rings is 1. The molecule has 1 atom stereocenters. The Hall–Kier alpha value is -2.01. The molecule has 3 aromatic rings. The Bertz CT molecular complexity index is 1010. The van der Waals surface area contributed by atoms with Crippen LogP contribution in [0.25, 0.3) is 0 Å². The molecule has 0 amide bonds. The SMILES string of the molecule is O=S(=O)(Nc1ccc(CCNCC(O)c2cccnc2)cc1)c1ccc(I)cc1. The first kappa shape index (κ1) is 21.7. The molecule has 0 fully saturated rings. The average Bonchev–Trinajstić information content (AvgIpc) is 2.73. The molecule has 0 aliphatic carbocycles. The largest absolute Gasteiger partial charge is 0.387 e. The molecular weight excluding hydrogens is 501 g/mol. The van der Waals surface area contributed by atoms with E-state index in [1.165, 1.54) is 0 Å². The maximum Gasteiger partial charge on any atom is 0.261 e. The van der Waals surface area contributed by atoms with Crippen molar-refractivity contribution in [3.8, 4) is 0 Å². The highest BCUT2D eigenvalue weighted by Gasteiger charge is 2.13. The van der Waals surface area contributed by atoms with Crippen LogP contribution in [0.2, 0.25) is 0 Å². The van der Waals surface area contributed by atoms with Gasteiger partial charge in [0.05, 0.1) is 11.0 Å². The maximum absolute atomic E-state index is 12.4. The minimum Gasteiger partial charge on any atom is -0.387 e. The van der Waals surface area contributed by atoms with Gasteiger partial charge in [-0.3, -0.25) is 9.71 Å². The number of anilines is 1. The van der Waals surface area contributed by atoms with Gasteiger partial charge in [-0.25, -0.2) is 8.42 Å². The lowest BCUT2D eigenvalue weighted by atomic mass is 10.1. The number of nitrogens with zero attached hydrogens (tertiary/aromatic N) is 1. The quantitative estimate of drug-likeness (QED) is 0.296. The molecule has 0 aliphatic heterocycles. The molecule has 0 spiro atoms. The van der Waals surface area contributed by atoms with Crippen LogP contribution in [-0.4, -0.2) is 31.6 Å². The number of rotatable bonds is 9. The Kier molecular flexibility index (Phi) is 7.59. The van der Waals surface area contributed by atoms with E-state index in [0.717, 1.165) is 21.1 Å². The van der Waals surface area contributed by atoms with E-state index < -0.39 is 16.1 Å². The normalized spacial score (nSPS) is 12.5. The third-order valence-corrected chi connectivity index (χ3v) is 6.44. The highest BCUT2D eigenvalue weighted by molar-refractivity contribution is 14.1. The van der Waals surface area contributed by atoms with Gasteiger partial charge in [-0.2, -0.15) is 0 Å². The van der Waals surface area contributed by atoms with Gasteiger partial charge in [0, 0.05) is 33.8 Å². The first-order valence-corrected chi connectivity index (χ1v) is 11.7. The molecule has 152 valence electrons. The second kappa shape index (κ2) is 10.1. The number of sulfonamides is 1. The van der Waals surface area contributed by atoms with Crippen LogP contribution in [0.1, 0.15) is 17.2 Å². The van der Waals surface area contributed by atoms with Crippen molar-refractivity contribution in [1.29, 1.82) is 0 Å². The molecule has 1 aromatic heterocycles. The molecule has 2 aromatic carbocycles. The minimum atomic E-state index is -3.60. The molecule has 3 rings (SSSR count). The van der Waals surface area contributed by atoms with Crippen LogP contribution in [0.3, 0.4) is 0 Å². The number of aliphatic hydroxyl groups excluding tert-OH is 1. The van der Waals surface area contributed by atoms with Crippen molar-refractivity contribution in [2.45, 2.75) is 17.4 Å². The molecule has 1 unspecified atom stereocenters. The van der Waals surface area contributed by atoms with Crippen LogP contribution in [-0.2, 0) is 16.4 Å². The maximum atomic E-state index is 12.4. The van der Waals surface area contributed by atoms with Gasteiger partial charge in [0.2, 0.25) is 0 Å². The lowest BCUT2D eigenvalue weighted by Gasteiger charge is -2.12. The molecular formula is C21H22IN3O3S. The van der Waals surface area contributed by atoms with Crippen LogP contribution in [0.15, 0.2) is 78.0 Å². The summed E-state index contributed by atoms with van der Waals surface area (Å²) in [6.45, 7) is 1.14. The van der Waals surface area contributed by atoms with E-state index in [-0.39, 0.29) is 4.90 Å². The summed E-state index contributed by atoms with van der Waals surface area (Å²) in [6.07, 6.45) is 3.50. The zero-order valence-corrected chi connectivity index (χ0v) is 18.6. The van der Waals surface area contributed by atoms with Gasteiger partial charge in [0.25, 0.3) is 10.0 Å². The van der Waals surface area contributed by atoms with Crippen molar-refractivity contribution in [1.82, 2.24) is 10.3 Å². The summed E-state index contributed by atoms with van der Waals surface area (Å²) < 4.78 is 28.5. The van der Waals surface area contributed by atoms with E-state index in [1.54, 1.807) is 54.9 Å². The van der Waals surface area contributed by atoms with Gasteiger partial charge in [-0.15, -0.1) is 0 Å². The predicted octanol–water partition coefficient (Wildman–Crippen LogP) is 3.35. The number of aromatic nitrogens is 1. The molecule has 29 heavy (non-hydrogen) atoms. The first-order chi connectivity index (χ1) is 13.9. The fraction of sp³-hybridized carbons (Fsp3) is 0.190. The van der Waals surface area contributed by atoms with Crippen LogP contribution >= 0.6 is 22.6 Å². The molecule has 0 bridgehead atoms. The monoisotopic (exact) mass is 523 g/mol. The smallest absolute Gasteiger partial charge is 0.261 e. The highest BCUT2D eigenvalue weighted by Crippen LogP contribution is 2.18. The zero-order valence-electron chi connectivity index (χ0n) is 15.6. The van der Waals surface area contributed by atoms with Crippen LogP contribution < -0.4 is 10.0 Å². The van der Waals surface area contributed by atoms with Gasteiger partial charge in [-0.1, -0.05) is 18.2 Å². The van der Waals surface area contributed by atoms with Crippen LogP contribution in [0, 0.1) is 3.57 Å². The molecule has 0 saturated carbocycles. The third kappa shape index (κ3) is 6.49. The fourth-order valence-electron chi connectivity index (χ4n) is 2.73. The molecule has 6 nitrogen and oxygen atoms in total. The second-order valence-corrected chi connectivity index (χ2v) is 9.44. The lowest BCUT2D eigenvalue weighted by Crippen LogP contribution is -2.23. The first-order valence-electron chi connectivity index (χ1n) is 9.10. The van der Waals surface area contributed by atoms with Gasteiger partial charge in [0.1, 0.15) is 0 Å². The molecule has 3 N–H and O–H groups in total. The average molecular weight is 523 g/mol. The van der Waals surface area contributed by atoms with Gasteiger partial charge < -0.3 is 10.4 Å². The zero-order chi connectivity index (χ0) is 20.7. The Morgan fingerprint density at radius 2 is 1.76 bits per heavy atom. The number of hydrogen-bond acceptors (Lipinski definition) is 5. The molecule has 0 radical (unpaired) electrons. The summed E-state index contributed by atoms with van der Waals surface area (Å²) in [5, 5.41) is 13.3. The van der Waals surface area contributed by atoms with Gasteiger partial charge in [0.15, 0.2) is 0 Å². The summed E-state index contributed by atoms with van der Waals surface area (Å²) in [5.74, 6) is 0. The van der Waals surface area contributed by atoms with Crippen molar-refractivity contribution in [3.05, 3.63) is 87.8 Å². The van der Waals surface area contributed by atoms with Crippen LogP contribution in [0.5, 0.6) is 0 Å². The van der Waals surface area contributed by atoms with Crippen molar-refractivity contribution >= 4 is 38.3 Å². The van der Waals surface area contributed by atoms with E-state index in [0.29, 0.717) is 18.8 Å². The van der Waals surface area contributed by atoms with Crippen LogP contribution in [0.4, 0.5) is 5.69 Å².